The van der Waals surface area contributed by atoms with Crippen molar-refractivity contribution in [3.05, 3.63) is 89.7 Å². The van der Waals surface area contributed by atoms with Crippen molar-refractivity contribution in [1.82, 2.24) is 4.90 Å². The predicted octanol–water partition coefficient (Wildman–Crippen LogP) is 3.20. The molecule has 3 aromatic rings. The molecule has 8 heteroatoms. The molecule has 1 amide bonds. The number of rotatable bonds is 8. The Morgan fingerprint density at radius 2 is 1.71 bits per heavy atom. The van der Waals surface area contributed by atoms with E-state index < -0.39 is 18.4 Å². The molecule has 0 radical (unpaired) electrons. The molecule has 1 saturated heterocycles. The highest BCUT2D eigenvalue weighted by molar-refractivity contribution is 5.94. The van der Waals surface area contributed by atoms with E-state index in [0.29, 0.717) is 37.4 Å². The monoisotopic (exact) mass is 467 g/mol. The maximum atomic E-state index is 14.5. The topological polar surface area (TPSA) is 88.5 Å². The highest BCUT2D eigenvalue weighted by Crippen LogP contribution is 2.29. The van der Waals surface area contributed by atoms with Crippen LogP contribution in [0.2, 0.25) is 0 Å². The first kappa shape index (κ1) is 23.8. The van der Waals surface area contributed by atoms with Gasteiger partial charge in [0.25, 0.3) is 5.91 Å². The van der Waals surface area contributed by atoms with E-state index in [1.807, 2.05) is 30.3 Å². The highest BCUT2D eigenvalue weighted by atomic mass is 19.1. The fraction of sp³-hybridized carbons (Fsp3) is 0.269. The molecule has 1 heterocycles. The van der Waals surface area contributed by atoms with Gasteiger partial charge in [-0.15, -0.1) is 0 Å². The zero-order valence-electron chi connectivity index (χ0n) is 18.5. The normalized spacial score (nSPS) is 14.1. The van der Waals surface area contributed by atoms with Gasteiger partial charge in [-0.2, -0.15) is 0 Å². The van der Waals surface area contributed by atoms with E-state index in [9.17, 15) is 19.4 Å². The largest absolute Gasteiger partial charge is 0.438 e. The van der Waals surface area contributed by atoms with Gasteiger partial charge in [0.05, 0.1) is 19.8 Å². The lowest BCUT2D eigenvalue weighted by Crippen LogP contribution is -2.40. The molecule has 178 valence electrons. The summed E-state index contributed by atoms with van der Waals surface area (Å²) in [6.45, 7) is 1.76. The summed E-state index contributed by atoms with van der Waals surface area (Å²) in [6.07, 6.45) is 0. The van der Waals surface area contributed by atoms with Crippen LogP contribution in [0.4, 0.5) is 4.39 Å². The van der Waals surface area contributed by atoms with Gasteiger partial charge in [-0.25, -0.2) is 4.39 Å². The molecule has 0 saturated carbocycles. The van der Waals surface area contributed by atoms with Crippen LogP contribution in [0.5, 0.6) is 5.75 Å². The summed E-state index contributed by atoms with van der Waals surface area (Å²) in [5.41, 5.74) is 2.09. The van der Waals surface area contributed by atoms with Crippen molar-refractivity contribution in [2.75, 3.05) is 32.9 Å². The zero-order chi connectivity index (χ0) is 24.0. The summed E-state index contributed by atoms with van der Waals surface area (Å²) in [7, 11) is 0. The van der Waals surface area contributed by atoms with Gasteiger partial charge in [-0.05, 0) is 41.5 Å². The van der Waals surface area contributed by atoms with Crippen LogP contribution in [0.1, 0.15) is 15.9 Å². The number of ether oxygens (including phenoxy) is 3. The maximum absolute atomic E-state index is 14.5. The van der Waals surface area contributed by atoms with Crippen LogP contribution in [0.15, 0.2) is 72.8 Å². The Balaban J connectivity index is 1.41. The van der Waals surface area contributed by atoms with Crippen LogP contribution in [0, 0.1) is 5.82 Å². The van der Waals surface area contributed by atoms with Gasteiger partial charge in [0.1, 0.15) is 18.2 Å². The number of morpholine rings is 1. The van der Waals surface area contributed by atoms with Crippen molar-refractivity contribution in [2.24, 2.45) is 0 Å². The summed E-state index contributed by atoms with van der Waals surface area (Å²) in [6, 6.07) is 19.7. The van der Waals surface area contributed by atoms with E-state index in [2.05, 4.69) is 0 Å². The third kappa shape index (κ3) is 6.18. The van der Waals surface area contributed by atoms with Crippen molar-refractivity contribution in [1.29, 1.82) is 0 Å². The second-order valence-corrected chi connectivity index (χ2v) is 7.95. The molecule has 1 fully saturated rings. The molecule has 2 N–H and O–H groups in total. The molecule has 0 unspecified atom stereocenters. The second-order valence-electron chi connectivity index (χ2n) is 7.95. The van der Waals surface area contributed by atoms with Gasteiger partial charge in [0.2, 0.25) is 0 Å². The van der Waals surface area contributed by atoms with E-state index in [1.54, 1.807) is 29.2 Å². The minimum atomic E-state index is -2.60. The number of hydrogen-bond acceptors (Lipinski definition) is 6. The lowest BCUT2D eigenvalue weighted by molar-refractivity contribution is -0.315. The molecule has 0 spiro atoms. The number of hydrogen-bond donors (Lipinski definition) is 2. The Morgan fingerprint density at radius 3 is 2.41 bits per heavy atom. The highest BCUT2D eigenvalue weighted by Gasteiger charge is 2.27. The Bertz CT molecular complexity index is 1100. The molecule has 1 aliphatic rings. The third-order valence-electron chi connectivity index (χ3n) is 5.36. The lowest BCUT2D eigenvalue weighted by atomic mass is 10.0. The van der Waals surface area contributed by atoms with Gasteiger partial charge in [-0.1, -0.05) is 42.5 Å². The number of carbonyl (C=O) groups is 1. The van der Waals surface area contributed by atoms with Crippen LogP contribution in [-0.2, 0) is 16.1 Å². The number of amides is 1. The lowest BCUT2D eigenvalue weighted by Gasteiger charge is -2.26. The number of aliphatic hydroxyl groups is 2. The molecule has 3 aromatic carbocycles. The van der Waals surface area contributed by atoms with Crippen molar-refractivity contribution in [3.63, 3.8) is 0 Å². The molecule has 0 bridgehead atoms. The van der Waals surface area contributed by atoms with Crippen molar-refractivity contribution in [2.45, 2.75) is 12.6 Å². The fourth-order valence-corrected chi connectivity index (χ4v) is 3.62. The first-order valence-electron chi connectivity index (χ1n) is 10.9. The van der Waals surface area contributed by atoms with Gasteiger partial charge < -0.3 is 29.3 Å². The quantitative estimate of drug-likeness (QED) is 0.495. The third-order valence-corrected chi connectivity index (χ3v) is 5.36. The predicted molar refractivity (Wildman–Crippen MR) is 122 cm³/mol. The first-order valence-corrected chi connectivity index (χ1v) is 10.9. The van der Waals surface area contributed by atoms with Gasteiger partial charge in [0, 0.05) is 24.2 Å². The average Bonchev–Trinajstić information content (AvgIpc) is 2.86. The minimum absolute atomic E-state index is 0.0539. The molecular formula is C26H26FNO6. The molecule has 0 aliphatic carbocycles. The van der Waals surface area contributed by atoms with Gasteiger partial charge in [0.15, 0.2) is 0 Å². The second kappa shape index (κ2) is 10.8. The van der Waals surface area contributed by atoms with Crippen molar-refractivity contribution >= 4 is 5.91 Å². The van der Waals surface area contributed by atoms with Crippen LogP contribution in [0.3, 0.4) is 0 Å². The molecule has 0 atom stereocenters. The number of halogens is 1. The summed E-state index contributed by atoms with van der Waals surface area (Å²) in [5.74, 6) is -3.16. The summed E-state index contributed by atoms with van der Waals surface area (Å²) in [4.78, 5) is 14.3. The SMILES string of the molecule is O=C(c1ccc(-c2cc(OC(O)(O)COCc3ccccc3)ccc2F)cc1)N1CCOCC1. The Morgan fingerprint density at radius 1 is 1.00 bits per heavy atom. The van der Waals surface area contributed by atoms with E-state index in [4.69, 9.17) is 14.2 Å². The Kier molecular flexibility index (Phi) is 7.54. The summed E-state index contributed by atoms with van der Waals surface area (Å²) >= 11 is 0. The van der Waals surface area contributed by atoms with Crippen LogP contribution in [-0.4, -0.2) is 59.9 Å². The summed E-state index contributed by atoms with van der Waals surface area (Å²) < 4.78 is 30.4. The number of nitrogens with zero attached hydrogens (tertiary/aromatic N) is 1. The van der Waals surface area contributed by atoms with E-state index in [0.717, 1.165) is 5.56 Å². The molecule has 1 aliphatic heterocycles. The van der Waals surface area contributed by atoms with Crippen LogP contribution >= 0.6 is 0 Å². The first-order chi connectivity index (χ1) is 16.4. The number of benzene rings is 3. The maximum Gasteiger partial charge on any atom is 0.346 e. The fourth-order valence-electron chi connectivity index (χ4n) is 3.62. The Labute approximate surface area is 196 Å². The smallest absolute Gasteiger partial charge is 0.346 e. The number of carbonyl (C=O) groups excluding carboxylic acids is 1. The zero-order valence-corrected chi connectivity index (χ0v) is 18.5. The summed E-state index contributed by atoms with van der Waals surface area (Å²) in [5, 5.41) is 20.3. The van der Waals surface area contributed by atoms with E-state index >= 15 is 0 Å². The van der Waals surface area contributed by atoms with E-state index in [1.165, 1.54) is 18.2 Å². The minimum Gasteiger partial charge on any atom is -0.438 e. The Hall–Kier alpha value is -3.30. The molecule has 7 nitrogen and oxygen atoms in total. The van der Waals surface area contributed by atoms with Gasteiger partial charge in [-0.3, -0.25) is 4.79 Å². The van der Waals surface area contributed by atoms with Gasteiger partial charge >= 0.3 is 5.97 Å². The van der Waals surface area contributed by atoms with Crippen molar-refractivity contribution in [3.8, 4) is 16.9 Å². The molecular weight excluding hydrogens is 441 g/mol. The average molecular weight is 467 g/mol. The molecule has 34 heavy (non-hydrogen) atoms. The standard InChI is InChI=1S/C26H26FNO6/c27-24-11-10-22(34-26(30,31)18-33-17-19-4-2-1-3-5-19)16-23(24)20-6-8-21(9-7-20)25(29)28-12-14-32-15-13-28/h1-11,16,30-31H,12-15,17-18H2. The van der Waals surface area contributed by atoms with Crippen molar-refractivity contribution < 1.29 is 33.6 Å². The van der Waals surface area contributed by atoms with E-state index in [-0.39, 0.29) is 23.8 Å². The molecule has 4 rings (SSSR count). The molecule has 0 aromatic heterocycles. The van der Waals surface area contributed by atoms with Crippen LogP contribution < -0.4 is 4.74 Å². The van der Waals surface area contributed by atoms with Crippen LogP contribution in [0.25, 0.3) is 11.1 Å².